The third-order valence-electron chi connectivity index (χ3n) is 4.13. The van der Waals surface area contributed by atoms with E-state index in [1.165, 1.54) is 18.4 Å². The Morgan fingerprint density at radius 1 is 1.19 bits per heavy atom. The van der Waals surface area contributed by atoms with Crippen molar-refractivity contribution in [3.63, 3.8) is 0 Å². The standard InChI is InChI=1S/C20H33N3O2.HI/c1-15(2)13-25-19-9-7-18(8-10-19)16(3)23-20(21-4)22-11-12-24-14-17-5-6-17;/h7-10,15-17H,5-6,11-14H2,1-4H3,(H2,21,22,23);1H. The number of halogens is 1. The Balaban J connectivity index is 0.00000338. The average molecular weight is 475 g/mol. The van der Waals surface area contributed by atoms with Gasteiger partial charge in [-0.2, -0.15) is 0 Å². The van der Waals surface area contributed by atoms with Gasteiger partial charge in [0.05, 0.1) is 19.3 Å². The van der Waals surface area contributed by atoms with E-state index < -0.39 is 0 Å². The molecule has 1 aromatic carbocycles. The Bertz CT molecular complexity index is 530. The zero-order valence-electron chi connectivity index (χ0n) is 16.5. The fourth-order valence-electron chi connectivity index (χ4n) is 2.37. The first-order valence-corrected chi connectivity index (χ1v) is 9.36. The van der Waals surface area contributed by atoms with Crippen molar-refractivity contribution < 1.29 is 9.47 Å². The number of nitrogens with zero attached hydrogens (tertiary/aromatic N) is 1. The molecule has 0 saturated heterocycles. The van der Waals surface area contributed by atoms with E-state index >= 15 is 0 Å². The minimum absolute atomic E-state index is 0. The maximum absolute atomic E-state index is 5.73. The number of aliphatic imine (C=N–C) groups is 1. The summed E-state index contributed by atoms with van der Waals surface area (Å²) >= 11 is 0. The second-order valence-electron chi connectivity index (χ2n) is 7.16. The van der Waals surface area contributed by atoms with E-state index in [1.807, 2.05) is 12.1 Å². The summed E-state index contributed by atoms with van der Waals surface area (Å²) in [7, 11) is 1.79. The molecule has 1 aliphatic rings. The van der Waals surface area contributed by atoms with E-state index in [0.29, 0.717) is 12.5 Å². The van der Waals surface area contributed by atoms with Gasteiger partial charge in [0.1, 0.15) is 5.75 Å². The Labute approximate surface area is 175 Å². The highest BCUT2D eigenvalue weighted by atomic mass is 127. The molecular weight excluding hydrogens is 441 g/mol. The van der Waals surface area contributed by atoms with Gasteiger partial charge in [0.15, 0.2) is 5.96 Å². The van der Waals surface area contributed by atoms with Crippen LogP contribution < -0.4 is 15.4 Å². The van der Waals surface area contributed by atoms with Crippen LogP contribution in [0.1, 0.15) is 45.2 Å². The Hall–Kier alpha value is -1.02. The molecule has 6 heteroatoms. The maximum Gasteiger partial charge on any atom is 0.191 e. The molecule has 1 unspecified atom stereocenters. The van der Waals surface area contributed by atoms with Crippen LogP contribution in [0, 0.1) is 11.8 Å². The fraction of sp³-hybridized carbons (Fsp3) is 0.650. The first-order chi connectivity index (χ1) is 12.1. The van der Waals surface area contributed by atoms with Crippen LogP contribution in [0.5, 0.6) is 5.75 Å². The molecule has 0 aromatic heterocycles. The smallest absolute Gasteiger partial charge is 0.191 e. The van der Waals surface area contributed by atoms with Crippen LogP contribution in [0.15, 0.2) is 29.3 Å². The number of benzene rings is 1. The number of hydrogen-bond donors (Lipinski definition) is 2. The number of rotatable bonds is 10. The van der Waals surface area contributed by atoms with Gasteiger partial charge in [0.25, 0.3) is 0 Å². The van der Waals surface area contributed by atoms with Gasteiger partial charge in [-0.3, -0.25) is 4.99 Å². The van der Waals surface area contributed by atoms with Gasteiger partial charge in [-0.1, -0.05) is 26.0 Å². The third-order valence-corrected chi connectivity index (χ3v) is 4.13. The summed E-state index contributed by atoms with van der Waals surface area (Å²) in [5.74, 6) is 3.05. The number of guanidine groups is 1. The lowest BCUT2D eigenvalue weighted by molar-refractivity contribution is 0.129. The molecule has 0 radical (unpaired) electrons. The van der Waals surface area contributed by atoms with Crippen molar-refractivity contribution in [2.24, 2.45) is 16.8 Å². The first kappa shape index (κ1) is 23.0. The van der Waals surface area contributed by atoms with Gasteiger partial charge in [0, 0.05) is 20.2 Å². The number of hydrogen-bond acceptors (Lipinski definition) is 3. The number of nitrogens with one attached hydrogen (secondary N) is 2. The Kier molecular flexibility index (Phi) is 11.0. The summed E-state index contributed by atoms with van der Waals surface area (Å²) in [6, 6.07) is 8.41. The average Bonchev–Trinajstić information content (AvgIpc) is 3.43. The largest absolute Gasteiger partial charge is 0.493 e. The normalized spacial score (nSPS) is 15.3. The van der Waals surface area contributed by atoms with E-state index in [2.05, 4.69) is 48.5 Å². The molecule has 2 N–H and O–H groups in total. The number of ether oxygens (including phenoxy) is 2. The summed E-state index contributed by atoms with van der Waals surface area (Å²) in [5, 5.41) is 6.70. The third kappa shape index (κ3) is 9.07. The molecule has 1 atom stereocenters. The van der Waals surface area contributed by atoms with Gasteiger partial charge in [-0.25, -0.2) is 0 Å². The topological polar surface area (TPSA) is 54.9 Å². The van der Waals surface area contributed by atoms with Gasteiger partial charge in [-0.15, -0.1) is 24.0 Å². The molecule has 2 rings (SSSR count). The van der Waals surface area contributed by atoms with Crippen LogP contribution in [-0.2, 0) is 4.74 Å². The molecule has 1 aliphatic carbocycles. The molecule has 0 spiro atoms. The van der Waals surface area contributed by atoms with Crippen LogP contribution in [0.4, 0.5) is 0 Å². The monoisotopic (exact) mass is 475 g/mol. The molecule has 1 fully saturated rings. The lowest BCUT2D eigenvalue weighted by Gasteiger charge is -2.19. The first-order valence-electron chi connectivity index (χ1n) is 9.36. The van der Waals surface area contributed by atoms with Gasteiger partial charge in [0.2, 0.25) is 0 Å². The Morgan fingerprint density at radius 3 is 2.46 bits per heavy atom. The Morgan fingerprint density at radius 2 is 1.88 bits per heavy atom. The lowest BCUT2D eigenvalue weighted by Crippen LogP contribution is -2.40. The minimum Gasteiger partial charge on any atom is -0.493 e. The molecule has 1 aromatic rings. The van der Waals surface area contributed by atoms with E-state index in [9.17, 15) is 0 Å². The minimum atomic E-state index is 0. The second-order valence-corrected chi connectivity index (χ2v) is 7.16. The summed E-state index contributed by atoms with van der Waals surface area (Å²) in [6.45, 7) is 9.54. The quantitative estimate of drug-likeness (QED) is 0.233. The van der Waals surface area contributed by atoms with E-state index in [-0.39, 0.29) is 30.0 Å². The van der Waals surface area contributed by atoms with Gasteiger partial charge in [-0.05, 0) is 49.3 Å². The maximum atomic E-state index is 5.73. The highest BCUT2D eigenvalue weighted by molar-refractivity contribution is 14.0. The fourth-order valence-corrected chi connectivity index (χ4v) is 2.37. The van der Waals surface area contributed by atoms with Crippen LogP contribution in [-0.4, -0.2) is 39.4 Å². The van der Waals surface area contributed by atoms with Crippen molar-refractivity contribution in [3.05, 3.63) is 29.8 Å². The molecule has 1 saturated carbocycles. The van der Waals surface area contributed by atoms with Gasteiger partial charge >= 0.3 is 0 Å². The second kappa shape index (κ2) is 12.4. The molecule has 26 heavy (non-hydrogen) atoms. The van der Waals surface area contributed by atoms with Crippen molar-refractivity contribution in [1.82, 2.24) is 10.6 Å². The molecular formula is C20H34IN3O2. The van der Waals surface area contributed by atoms with Crippen LogP contribution in [0.2, 0.25) is 0 Å². The van der Waals surface area contributed by atoms with E-state index in [4.69, 9.17) is 9.47 Å². The highest BCUT2D eigenvalue weighted by Crippen LogP contribution is 2.28. The SMILES string of the molecule is CN=C(NCCOCC1CC1)NC(C)c1ccc(OCC(C)C)cc1.I. The van der Waals surface area contributed by atoms with E-state index in [1.54, 1.807) is 7.05 Å². The predicted molar refractivity (Wildman–Crippen MR) is 119 cm³/mol. The van der Waals surface area contributed by atoms with Crippen LogP contribution in [0.3, 0.4) is 0 Å². The molecule has 0 bridgehead atoms. The molecule has 148 valence electrons. The zero-order valence-corrected chi connectivity index (χ0v) is 18.8. The van der Waals surface area contributed by atoms with Crippen LogP contribution >= 0.6 is 24.0 Å². The van der Waals surface area contributed by atoms with E-state index in [0.717, 1.165) is 37.4 Å². The summed E-state index contributed by atoms with van der Waals surface area (Å²) in [4.78, 5) is 4.28. The van der Waals surface area contributed by atoms with Crippen molar-refractivity contribution in [2.75, 3.05) is 33.4 Å². The molecule has 5 nitrogen and oxygen atoms in total. The van der Waals surface area contributed by atoms with Gasteiger partial charge < -0.3 is 20.1 Å². The van der Waals surface area contributed by atoms with Crippen molar-refractivity contribution >= 4 is 29.9 Å². The van der Waals surface area contributed by atoms with Crippen molar-refractivity contribution in [1.29, 1.82) is 0 Å². The van der Waals surface area contributed by atoms with Crippen molar-refractivity contribution in [3.8, 4) is 5.75 Å². The van der Waals surface area contributed by atoms with Crippen LogP contribution in [0.25, 0.3) is 0 Å². The lowest BCUT2D eigenvalue weighted by atomic mass is 10.1. The highest BCUT2D eigenvalue weighted by Gasteiger charge is 2.20. The molecule has 0 aliphatic heterocycles. The van der Waals surface area contributed by atoms with Crippen molar-refractivity contribution in [2.45, 2.75) is 39.7 Å². The zero-order chi connectivity index (χ0) is 18.1. The summed E-state index contributed by atoms with van der Waals surface area (Å²) in [6.07, 6.45) is 2.66. The summed E-state index contributed by atoms with van der Waals surface area (Å²) in [5.41, 5.74) is 1.20. The summed E-state index contributed by atoms with van der Waals surface area (Å²) < 4.78 is 11.4. The molecule has 0 amide bonds. The molecule has 0 heterocycles. The predicted octanol–water partition coefficient (Wildman–Crippen LogP) is 3.99.